The van der Waals surface area contributed by atoms with Crippen LogP contribution >= 0.6 is 23.4 Å². The van der Waals surface area contributed by atoms with Gasteiger partial charge in [-0.2, -0.15) is 0 Å². The molecule has 1 fully saturated rings. The number of ether oxygens (including phenoxy) is 2. The molecule has 0 saturated carbocycles. The summed E-state index contributed by atoms with van der Waals surface area (Å²) in [4.78, 5) is 40.5. The standard InChI is InChI=1S/C26H25ClN2O5S/c1-33-20-10-8-19(9-11-20)17-34-23(31)21-12-15-35-25-26(13-5-14-27,24(32)29(21)25)28-22(30)16-18-6-3-2-4-7-18/h2-13,25H,14-17H2,1H3,(H,28,30)/t25-,26+/m0/s1. The van der Waals surface area contributed by atoms with E-state index in [-0.39, 0.29) is 30.5 Å². The first-order valence-corrected chi connectivity index (χ1v) is 12.6. The van der Waals surface area contributed by atoms with E-state index in [9.17, 15) is 14.4 Å². The first-order valence-electron chi connectivity index (χ1n) is 11.0. The van der Waals surface area contributed by atoms with Crippen molar-refractivity contribution in [2.75, 3.05) is 18.7 Å². The summed E-state index contributed by atoms with van der Waals surface area (Å²) >= 11 is 7.31. The maximum atomic E-state index is 13.4. The topological polar surface area (TPSA) is 84.9 Å². The third-order valence-electron chi connectivity index (χ3n) is 5.75. The highest BCUT2D eigenvalue weighted by atomic mass is 35.5. The van der Waals surface area contributed by atoms with Crippen molar-refractivity contribution >= 4 is 41.1 Å². The Kier molecular flexibility index (Phi) is 7.83. The minimum Gasteiger partial charge on any atom is -0.497 e. The molecule has 0 radical (unpaired) electrons. The molecular weight excluding hydrogens is 488 g/mol. The molecule has 4 rings (SSSR count). The molecular formula is C26H25ClN2O5S. The molecule has 2 atom stereocenters. The van der Waals surface area contributed by atoms with Crippen LogP contribution in [0.2, 0.25) is 0 Å². The monoisotopic (exact) mass is 512 g/mol. The van der Waals surface area contributed by atoms with Gasteiger partial charge in [0.2, 0.25) is 5.91 Å². The number of fused-ring (bicyclic) bond motifs is 1. The highest BCUT2D eigenvalue weighted by Gasteiger charge is 2.63. The van der Waals surface area contributed by atoms with Crippen molar-refractivity contribution in [2.24, 2.45) is 0 Å². The lowest BCUT2D eigenvalue weighted by Crippen LogP contribution is -2.79. The normalized spacial score (nSPS) is 21.1. The van der Waals surface area contributed by atoms with E-state index in [2.05, 4.69) is 5.32 Å². The first kappa shape index (κ1) is 24.9. The minimum atomic E-state index is -1.28. The van der Waals surface area contributed by atoms with Crippen LogP contribution in [-0.2, 0) is 32.1 Å². The van der Waals surface area contributed by atoms with E-state index in [0.717, 1.165) is 11.1 Å². The molecule has 182 valence electrons. The summed E-state index contributed by atoms with van der Waals surface area (Å²) in [5.41, 5.74) is 0.536. The lowest BCUT2D eigenvalue weighted by Gasteiger charge is -2.55. The summed E-state index contributed by atoms with van der Waals surface area (Å²) in [6.45, 7) is 0.0606. The number of hydrogen-bond donors (Lipinski definition) is 1. The van der Waals surface area contributed by atoms with Crippen molar-refractivity contribution in [1.29, 1.82) is 0 Å². The van der Waals surface area contributed by atoms with Gasteiger partial charge in [0.05, 0.1) is 13.5 Å². The molecule has 0 spiro atoms. The van der Waals surface area contributed by atoms with Crippen LogP contribution in [0.3, 0.4) is 0 Å². The molecule has 2 heterocycles. The number of thioether (sulfide) groups is 1. The smallest absolute Gasteiger partial charge is 0.355 e. The van der Waals surface area contributed by atoms with Crippen LogP contribution in [0.15, 0.2) is 78.5 Å². The van der Waals surface area contributed by atoms with Crippen molar-refractivity contribution < 1.29 is 23.9 Å². The van der Waals surface area contributed by atoms with Gasteiger partial charge in [-0.15, -0.1) is 23.4 Å². The zero-order valence-corrected chi connectivity index (χ0v) is 20.7. The van der Waals surface area contributed by atoms with Gasteiger partial charge in [-0.1, -0.05) is 48.5 Å². The van der Waals surface area contributed by atoms with Gasteiger partial charge in [-0.05, 0) is 35.4 Å². The number of esters is 1. The van der Waals surface area contributed by atoms with Crippen LogP contribution in [0.1, 0.15) is 11.1 Å². The number of β-lactam (4-membered cyclic amide) rings is 1. The Hall–Kier alpha value is -3.23. The van der Waals surface area contributed by atoms with Gasteiger partial charge in [0.25, 0.3) is 5.91 Å². The van der Waals surface area contributed by atoms with Gasteiger partial charge in [-0.3, -0.25) is 14.5 Å². The number of hydrogen-bond acceptors (Lipinski definition) is 6. The molecule has 0 bridgehead atoms. The highest BCUT2D eigenvalue weighted by molar-refractivity contribution is 8.00. The van der Waals surface area contributed by atoms with E-state index in [0.29, 0.717) is 11.5 Å². The maximum Gasteiger partial charge on any atom is 0.355 e. The van der Waals surface area contributed by atoms with E-state index in [1.165, 1.54) is 16.7 Å². The molecule has 2 amide bonds. The van der Waals surface area contributed by atoms with Gasteiger partial charge < -0.3 is 14.8 Å². The molecule has 1 saturated heterocycles. The summed E-state index contributed by atoms with van der Waals surface area (Å²) in [6, 6.07) is 16.5. The average molecular weight is 513 g/mol. The molecule has 2 aromatic rings. The van der Waals surface area contributed by atoms with E-state index < -0.39 is 22.8 Å². The molecule has 35 heavy (non-hydrogen) atoms. The van der Waals surface area contributed by atoms with Crippen LogP contribution in [0, 0.1) is 0 Å². The Bertz CT molecular complexity index is 1150. The lowest BCUT2D eigenvalue weighted by atomic mass is 9.85. The predicted molar refractivity (Wildman–Crippen MR) is 135 cm³/mol. The molecule has 9 heteroatoms. The fourth-order valence-corrected chi connectivity index (χ4v) is 5.42. The lowest BCUT2D eigenvalue weighted by molar-refractivity contribution is -0.157. The number of nitrogens with zero attached hydrogens (tertiary/aromatic N) is 1. The number of alkyl halides is 1. The van der Waals surface area contributed by atoms with Gasteiger partial charge in [0, 0.05) is 11.6 Å². The summed E-state index contributed by atoms with van der Waals surface area (Å²) in [5.74, 6) is 0.106. The summed E-state index contributed by atoms with van der Waals surface area (Å²) in [5, 5.41) is 2.42. The maximum absolute atomic E-state index is 13.4. The molecule has 2 aliphatic rings. The number of carbonyl (C=O) groups excluding carboxylic acids is 3. The molecule has 2 aliphatic heterocycles. The highest BCUT2D eigenvalue weighted by Crippen LogP contribution is 2.45. The quantitative estimate of drug-likeness (QED) is 0.240. The third-order valence-corrected chi connectivity index (χ3v) is 7.18. The van der Waals surface area contributed by atoms with Crippen LogP contribution in [-0.4, -0.2) is 52.3 Å². The van der Waals surface area contributed by atoms with E-state index in [4.69, 9.17) is 21.1 Å². The number of allylic oxidation sites excluding steroid dienone is 1. The zero-order chi connectivity index (χ0) is 24.8. The number of halogens is 1. The SMILES string of the molecule is COc1ccc(COC(=O)C2=CCS[C@@H]3N2C(=O)[C@@]3(C=CCCl)NC(=O)Cc2ccccc2)cc1. The molecule has 7 nitrogen and oxygen atoms in total. The Labute approximate surface area is 213 Å². The Balaban J connectivity index is 1.46. The minimum absolute atomic E-state index is 0.0606. The number of carbonyl (C=O) groups is 3. The number of amides is 2. The van der Waals surface area contributed by atoms with Crippen LogP contribution < -0.4 is 10.1 Å². The van der Waals surface area contributed by atoms with Crippen molar-refractivity contribution in [3.8, 4) is 5.75 Å². The van der Waals surface area contributed by atoms with Gasteiger partial charge in [0.15, 0.2) is 5.54 Å². The summed E-state index contributed by atoms with van der Waals surface area (Å²) in [6.07, 6.45) is 5.08. The van der Waals surface area contributed by atoms with E-state index >= 15 is 0 Å². The van der Waals surface area contributed by atoms with Crippen LogP contribution in [0.5, 0.6) is 5.75 Å². The van der Waals surface area contributed by atoms with Gasteiger partial charge in [0.1, 0.15) is 23.4 Å². The third kappa shape index (κ3) is 5.23. The van der Waals surface area contributed by atoms with Gasteiger partial charge in [-0.25, -0.2) is 4.79 Å². The second kappa shape index (κ2) is 11.0. The Morgan fingerprint density at radius 2 is 1.91 bits per heavy atom. The molecule has 2 aromatic carbocycles. The number of benzene rings is 2. The predicted octanol–water partition coefficient (Wildman–Crippen LogP) is 3.43. The fraction of sp³-hybridized carbons (Fsp3) is 0.269. The second-order valence-corrected chi connectivity index (χ2v) is 9.43. The van der Waals surface area contributed by atoms with Crippen LogP contribution in [0.25, 0.3) is 0 Å². The fourth-order valence-electron chi connectivity index (χ4n) is 4.03. The summed E-state index contributed by atoms with van der Waals surface area (Å²) < 4.78 is 10.6. The van der Waals surface area contributed by atoms with Gasteiger partial charge >= 0.3 is 5.97 Å². The van der Waals surface area contributed by atoms with Crippen molar-refractivity contribution in [1.82, 2.24) is 10.2 Å². The van der Waals surface area contributed by atoms with E-state index in [1.54, 1.807) is 49.6 Å². The zero-order valence-electron chi connectivity index (χ0n) is 19.1. The Morgan fingerprint density at radius 1 is 1.17 bits per heavy atom. The molecule has 0 aliphatic carbocycles. The number of methoxy groups -OCH3 is 1. The number of nitrogens with one attached hydrogen (secondary N) is 1. The Morgan fingerprint density at radius 3 is 2.60 bits per heavy atom. The van der Waals surface area contributed by atoms with Crippen LogP contribution in [0.4, 0.5) is 0 Å². The molecule has 1 N–H and O–H groups in total. The second-order valence-electron chi connectivity index (χ2n) is 8.01. The molecule has 0 aromatic heterocycles. The largest absolute Gasteiger partial charge is 0.497 e. The van der Waals surface area contributed by atoms with Crippen molar-refractivity contribution in [2.45, 2.75) is 23.9 Å². The van der Waals surface area contributed by atoms with E-state index in [1.807, 2.05) is 30.3 Å². The average Bonchev–Trinajstić information content (AvgIpc) is 2.89. The van der Waals surface area contributed by atoms with Crippen molar-refractivity contribution in [3.63, 3.8) is 0 Å². The van der Waals surface area contributed by atoms with Crippen molar-refractivity contribution in [3.05, 3.63) is 89.6 Å². The first-order chi connectivity index (χ1) is 17.0. The molecule has 0 unspecified atom stereocenters. The summed E-state index contributed by atoms with van der Waals surface area (Å²) in [7, 11) is 1.58. The number of rotatable bonds is 9.